The normalized spacial score (nSPS) is 21.2. The van der Waals surface area contributed by atoms with Gasteiger partial charge in [0.15, 0.2) is 0 Å². The number of likely N-dealkylation sites (tertiary alicyclic amines) is 1. The monoisotopic (exact) mass is 313 g/mol. The summed E-state index contributed by atoms with van der Waals surface area (Å²) >= 11 is 0. The predicted molar refractivity (Wildman–Crippen MR) is 88.3 cm³/mol. The van der Waals surface area contributed by atoms with Crippen molar-refractivity contribution >= 4 is 17.6 Å². The van der Waals surface area contributed by atoms with Gasteiger partial charge in [0, 0.05) is 37.3 Å². The van der Waals surface area contributed by atoms with Crippen LogP contribution in [0.25, 0.3) is 0 Å². The number of para-hydroxylation sites is 1. The molecular formula is C18H23N3O2. The van der Waals surface area contributed by atoms with Crippen LogP contribution < -0.4 is 10.2 Å². The third-order valence-corrected chi connectivity index (χ3v) is 5.19. The molecule has 4 rings (SSSR count). The second-order valence-electron chi connectivity index (χ2n) is 6.85. The molecule has 5 nitrogen and oxygen atoms in total. The van der Waals surface area contributed by atoms with Gasteiger partial charge in [-0.05, 0) is 43.7 Å². The minimum absolute atomic E-state index is 0.00178. The molecule has 0 aromatic heterocycles. The molecule has 2 aliphatic heterocycles. The van der Waals surface area contributed by atoms with Crippen molar-refractivity contribution in [3.8, 4) is 0 Å². The predicted octanol–water partition coefficient (Wildman–Crippen LogP) is 2.16. The molecule has 0 spiro atoms. The summed E-state index contributed by atoms with van der Waals surface area (Å²) in [7, 11) is 0. The first-order chi connectivity index (χ1) is 11.2. The maximum absolute atomic E-state index is 12.5. The zero-order valence-electron chi connectivity index (χ0n) is 13.3. The van der Waals surface area contributed by atoms with Gasteiger partial charge in [0.25, 0.3) is 0 Å². The molecule has 1 aliphatic carbocycles. The number of hydrogen-bond acceptors (Lipinski definition) is 2. The summed E-state index contributed by atoms with van der Waals surface area (Å²) in [6.45, 7) is 2.30. The smallest absolute Gasteiger partial charge is 0.322 e. The van der Waals surface area contributed by atoms with Crippen LogP contribution in [0.4, 0.5) is 10.5 Å². The molecule has 0 bridgehead atoms. The van der Waals surface area contributed by atoms with E-state index in [0.717, 1.165) is 57.4 Å². The summed E-state index contributed by atoms with van der Waals surface area (Å²) < 4.78 is 0. The summed E-state index contributed by atoms with van der Waals surface area (Å²) in [6.07, 6.45) is 4.77. The topological polar surface area (TPSA) is 52.7 Å². The molecule has 3 aliphatic rings. The van der Waals surface area contributed by atoms with E-state index in [2.05, 4.69) is 11.4 Å². The minimum Gasteiger partial charge on any atom is -0.342 e. The Morgan fingerprint density at radius 3 is 2.48 bits per heavy atom. The first-order valence-electron chi connectivity index (χ1n) is 8.67. The maximum Gasteiger partial charge on any atom is 0.322 e. The van der Waals surface area contributed by atoms with E-state index in [4.69, 9.17) is 0 Å². The van der Waals surface area contributed by atoms with Crippen molar-refractivity contribution in [2.24, 2.45) is 5.92 Å². The Hall–Kier alpha value is -2.04. The number of rotatable bonds is 2. The first-order valence-corrected chi connectivity index (χ1v) is 8.67. The van der Waals surface area contributed by atoms with Gasteiger partial charge in [-0.2, -0.15) is 0 Å². The average Bonchev–Trinajstić information content (AvgIpc) is 3.34. The average molecular weight is 313 g/mol. The molecule has 0 atom stereocenters. The molecule has 1 saturated carbocycles. The van der Waals surface area contributed by atoms with Crippen molar-refractivity contribution < 1.29 is 9.59 Å². The van der Waals surface area contributed by atoms with Crippen LogP contribution in [0.5, 0.6) is 0 Å². The molecule has 5 heteroatoms. The van der Waals surface area contributed by atoms with Crippen LogP contribution in [-0.4, -0.2) is 42.5 Å². The SMILES string of the molecule is O=C(C1CC1)N1CCC(NC(=O)N2CCc3ccccc32)CC1. The second-order valence-corrected chi connectivity index (χ2v) is 6.85. The lowest BCUT2D eigenvalue weighted by atomic mass is 10.0. The van der Waals surface area contributed by atoms with Gasteiger partial charge >= 0.3 is 6.03 Å². The number of amides is 3. The van der Waals surface area contributed by atoms with Crippen LogP contribution in [0.1, 0.15) is 31.2 Å². The van der Waals surface area contributed by atoms with E-state index >= 15 is 0 Å². The molecule has 1 aromatic rings. The van der Waals surface area contributed by atoms with Gasteiger partial charge in [-0.15, -0.1) is 0 Å². The van der Waals surface area contributed by atoms with E-state index in [0.29, 0.717) is 11.8 Å². The highest BCUT2D eigenvalue weighted by Crippen LogP contribution is 2.32. The fourth-order valence-electron chi connectivity index (χ4n) is 3.63. The van der Waals surface area contributed by atoms with E-state index in [1.54, 1.807) is 0 Å². The van der Waals surface area contributed by atoms with Crippen LogP contribution in [0.15, 0.2) is 24.3 Å². The van der Waals surface area contributed by atoms with Crippen LogP contribution in [0.2, 0.25) is 0 Å². The Kier molecular flexibility index (Phi) is 3.71. The second kappa shape index (κ2) is 5.87. The van der Waals surface area contributed by atoms with Gasteiger partial charge in [0.2, 0.25) is 5.91 Å². The van der Waals surface area contributed by atoms with E-state index in [1.165, 1.54) is 5.56 Å². The highest BCUT2D eigenvalue weighted by Gasteiger charge is 2.35. The Balaban J connectivity index is 1.31. The molecule has 0 unspecified atom stereocenters. The summed E-state index contributed by atoms with van der Waals surface area (Å²) in [5.74, 6) is 0.616. The molecule has 1 saturated heterocycles. The van der Waals surface area contributed by atoms with Gasteiger partial charge in [-0.1, -0.05) is 18.2 Å². The van der Waals surface area contributed by atoms with Gasteiger partial charge in [-0.25, -0.2) is 4.79 Å². The van der Waals surface area contributed by atoms with Gasteiger partial charge < -0.3 is 10.2 Å². The van der Waals surface area contributed by atoms with Crippen LogP contribution in [0, 0.1) is 5.92 Å². The molecular weight excluding hydrogens is 290 g/mol. The van der Waals surface area contributed by atoms with Crippen molar-refractivity contribution in [2.75, 3.05) is 24.5 Å². The van der Waals surface area contributed by atoms with Gasteiger partial charge in [0.1, 0.15) is 0 Å². The number of fused-ring (bicyclic) bond motifs is 1. The highest BCUT2D eigenvalue weighted by atomic mass is 16.2. The van der Waals surface area contributed by atoms with Crippen LogP contribution >= 0.6 is 0 Å². The minimum atomic E-state index is 0.00178. The first kappa shape index (κ1) is 14.5. The molecule has 2 heterocycles. The number of benzene rings is 1. The van der Waals surface area contributed by atoms with E-state index in [-0.39, 0.29) is 12.1 Å². The molecule has 0 radical (unpaired) electrons. The van der Waals surface area contributed by atoms with Crippen molar-refractivity contribution in [2.45, 2.75) is 38.1 Å². The number of nitrogens with zero attached hydrogens (tertiary/aromatic N) is 2. The zero-order valence-corrected chi connectivity index (χ0v) is 13.3. The molecule has 1 aromatic carbocycles. The van der Waals surface area contributed by atoms with Crippen molar-refractivity contribution in [1.29, 1.82) is 0 Å². The quantitative estimate of drug-likeness (QED) is 0.909. The standard InChI is InChI=1S/C18H23N3O2/c22-17(14-5-6-14)20-10-8-15(9-11-20)19-18(23)21-12-7-13-3-1-2-4-16(13)21/h1-4,14-15H,5-12H2,(H,19,23). The summed E-state index contributed by atoms with van der Waals surface area (Å²) in [6, 6.07) is 8.28. The maximum atomic E-state index is 12.5. The lowest BCUT2D eigenvalue weighted by Gasteiger charge is -2.33. The third kappa shape index (κ3) is 2.92. The molecule has 23 heavy (non-hydrogen) atoms. The third-order valence-electron chi connectivity index (χ3n) is 5.19. The zero-order chi connectivity index (χ0) is 15.8. The van der Waals surface area contributed by atoms with Crippen molar-refractivity contribution in [1.82, 2.24) is 10.2 Å². The Morgan fingerprint density at radius 2 is 1.74 bits per heavy atom. The Bertz CT molecular complexity index is 618. The molecule has 2 fully saturated rings. The summed E-state index contributed by atoms with van der Waals surface area (Å²) in [5.41, 5.74) is 2.28. The number of carbonyl (C=O) groups excluding carboxylic acids is 2. The Labute approximate surface area is 136 Å². The molecule has 122 valence electrons. The van der Waals surface area contributed by atoms with E-state index in [9.17, 15) is 9.59 Å². The number of piperidine rings is 1. The number of carbonyl (C=O) groups is 2. The fourth-order valence-corrected chi connectivity index (χ4v) is 3.63. The number of urea groups is 1. The lowest BCUT2D eigenvalue weighted by Crippen LogP contribution is -2.50. The number of nitrogens with one attached hydrogen (secondary N) is 1. The van der Waals surface area contributed by atoms with Crippen LogP contribution in [-0.2, 0) is 11.2 Å². The van der Waals surface area contributed by atoms with Crippen molar-refractivity contribution in [3.63, 3.8) is 0 Å². The summed E-state index contributed by atoms with van der Waals surface area (Å²) in [5, 5.41) is 3.16. The molecule has 3 amide bonds. The fraction of sp³-hybridized carbons (Fsp3) is 0.556. The largest absolute Gasteiger partial charge is 0.342 e. The van der Waals surface area contributed by atoms with Crippen molar-refractivity contribution in [3.05, 3.63) is 29.8 Å². The summed E-state index contributed by atoms with van der Waals surface area (Å²) in [4.78, 5) is 28.4. The van der Waals surface area contributed by atoms with Gasteiger partial charge in [0.05, 0.1) is 0 Å². The number of hydrogen-bond donors (Lipinski definition) is 1. The highest BCUT2D eigenvalue weighted by molar-refractivity contribution is 5.94. The van der Waals surface area contributed by atoms with E-state index < -0.39 is 0 Å². The number of anilines is 1. The lowest BCUT2D eigenvalue weighted by molar-refractivity contribution is -0.133. The Morgan fingerprint density at radius 1 is 1.00 bits per heavy atom. The van der Waals surface area contributed by atoms with Gasteiger partial charge in [-0.3, -0.25) is 9.69 Å². The van der Waals surface area contributed by atoms with Crippen LogP contribution in [0.3, 0.4) is 0 Å². The molecule has 1 N–H and O–H groups in total. The van der Waals surface area contributed by atoms with E-state index in [1.807, 2.05) is 28.0 Å².